The molecule has 0 saturated carbocycles. The van der Waals surface area contributed by atoms with Crippen LogP contribution < -0.4 is 9.47 Å². The molecule has 22 heavy (non-hydrogen) atoms. The molecule has 0 aliphatic carbocycles. The van der Waals surface area contributed by atoms with E-state index in [1.807, 2.05) is 6.92 Å². The van der Waals surface area contributed by atoms with E-state index < -0.39 is 0 Å². The van der Waals surface area contributed by atoms with Gasteiger partial charge in [-0.05, 0) is 36.8 Å². The molecule has 2 rings (SSSR count). The van der Waals surface area contributed by atoms with Gasteiger partial charge in [-0.15, -0.1) is 0 Å². The number of benzene rings is 2. The number of phenols is 1. The zero-order valence-corrected chi connectivity index (χ0v) is 13.3. The molecule has 0 aliphatic heterocycles. The average Bonchev–Trinajstić information content (AvgIpc) is 2.52. The van der Waals surface area contributed by atoms with Crippen molar-refractivity contribution in [3.63, 3.8) is 0 Å². The van der Waals surface area contributed by atoms with Crippen LogP contribution in [-0.4, -0.2) is 25.0 Å². The third-order valence-corrected chi connectivity index (χ3v) is 3.26. The summed E-state index contributed by atoms with van der Waals surface area (Å²) in [5, 5.41) is 10.5. The molecule has 4 nitrogen and oxygen atoms in total. The molecule has 0 saturated heterocycles. The summed E-state index contributed by atoms with van der Waals surface area (Å²) in [5.41, 5.74) is 1.28. The number of halogens is 1. The van der Waals surface area contributed by atoms with Crippen LogP contribution >= 0.6 is 11.6 Å². The first-order chi connectivity index (χ1) is 10.6. The van der Waals surface area contributed by atoms with Gasteiger partial charge in [0.1, 0.15) is 17.2 Å². The molecule has 0 heterocycles. The molecule has 0 unspecified atom stereocenters. The van der Waals surface area contributed by atoms with Crippen LogP contribution in [0.2, 0.25) is 5.02 Å². The second-order valence-electron chi connectivity index (χ2n) is 4.65. The van der Waals surface area contributed by atoms with Crippen LogP contribution in [0, 0.1) is 0 Å². The summed E-state index contributed by atoms with van der Waals surface area (Å²) in [6, 6.07) is 10.4. The molecule has 2 aromatic carbocycles. The minimum atomic E-state index is 0.122. The second-order valence-corrected chi connectivity index (χ2v) is 5.05. The van der Waals surface area contributed by atoms with E-state index in [9.17, 15) is 5.11 Å². The predicted octanol–water partition coefficient (Wildman–Crippen LogP) is 4.59. The van der Waals surface area contributed by atoms with Gasteiger partial charge in [-0.2, -0.15) is 0 Å². The van der Waals surface area contributed by atoms with E-state index in [0.29, 0.717) is 34.4 Å². The maximum atomic E-state index is 9.99. The quantitative estimate of drug-likeness (QED) is 0.792. The molecular formula is C17H18ClNO3. The minimum Gasteiger partial charge on any atom is -0.507 e. The molecule has 0 atom stereocenters. The van der Waals surface area contributed by atoms with Crippen molar-refractivity contribution < 1.29 is 14.6 Å². The van der Waals surface area contributed by atoms with Gasteiger partial charge in [0.05, 0.1) is 24.4 Å². The zero-order chi connectivity index (χ0) is 15.9. The van der Waals surface area contributed by atoms with E-state index in [-0.39, 0.29) is 5.75 Å². The van der Waals surface area contributed by atoms with Crippen molar-refractivity contribution >= 4 is 23.5 Å². The Morgan fingerprint density at radius 3 is 2.68 bits per heavy atom. The molecule has 0 fully saturated rings. The largest absolute Gasteiger partial charge is 0.507 e. The average molecular weight is 320 g/mol. The standard InChI is InChI=1S/C17H18ClNO3/c1-3-8-22-14-6-4-12(16(20)10-14)11-19-13-5-7-17(21-2)15(18)9-13/h4-7,9-11,20H,3,8H2,1-2H3. The molecule has 0 bridgehead atoms. The molecule has 0 spiro atoms. The Morgan fingerprint density at radius 2 is 2.05 bits per heavy atom. The fourth-order valence-electron chi connectivity index (χ4n) is 1.82. The monoisotopic (exact) mass is 319 g/mol. The SMILES string of the molecule is CCCOc1ccc(C=Nc2ccc(OC)c(Cl)c2)c(O)c1. The van der Waals surface area contributed by atoms with Gasteiger partial charge in [-0.1, -0.05) is 18.5 Å². The Hall–Kier alpha value is -2.20. The molecule has 5 heteroatoms. The lowest BCUT2D eigenvalue weighted by molar-refractivity contribution is 0.315. The van der Waals surface area contributed by atoms with Gasteiger partial charge in [-0.25, -0.2) is 0 Å². The highest BCUT2D eigenvalue weighted by molar-refractivity contribution is 6.32. The van der Waals surface area contributed by atoms with E-state index in [0.717, 1.165) is 6.42 Å². The summed E-state index contributed by atoms with van der Waals surface area (Å²) in [6.07, 6.45) is 2.50. The summed E-state index contributed by atoms with van der Waals surface area (Å²) in [6.45, 7) is 2.65. The number of aromatic hydroxyl groups is 1. The van der Waals surface area contributed by atoms with Crippen molar-refractivity contribution in [1.82, 2.24) is 0 Å². The van der Waals surface area contributed by atoms with E-state index in [2.05, 4.69) is 4.99 Å². The Balaban J connectivity index is 2.14. The topological polar surface area (TPSA) is 51.0 Å². The number of rotatable bonds is 6. The van der Waals surface area contributed by atoms with Crippen LogP contribution in [0.1, 0.15) is 18.9 Å². The van der Waals surface area contributed by atoms with E-state index in [4.69, 9.17) is 21.1 Å². The maximum Gasteiger partial charge on any atom is 0.137 e. The Bertz CT molecular complexity index is 671. The summed E-state index contributed by atoms with van der Waals surface area (Å²) in [7, 11) is 1.56. The third-order valence-electron chi connectivity index (χ3n) is 2.96. The molecule has 2 aromatic rings. The van der Waals surface area contributed by atoms with Crippen LogP contribution in [0.15, 0.2) is 41.4 Å². The van der Waals surface area contributed by atoms with E-state index in [1.54, 1.807) is 49.7 Å². The Morgan fingerprint density at radius 1 is 1.23 bits per heavy atom. The van der Waals surface area contributed by atoms with Crippen LogP contribution in [0.5, 0.6) is 17.2 Å². The van der Waals surface area contributed by atoms with Gasteiger partial charge in [-0.3, -0.25) is 4.99 Å². The van der Waals surface area contributed by atoms with Crippen molar-refractivity contribution in [1.29, 1.82) is 0 Å². The van der Waals surface area contributed by atoms with E-state index >= 15 is 0 Å². The van der Waals surface area contributed by atoms with Crippen LogP contribution in [-0.2, 0) is 0 Å². The van der Waals surface area contributed by atoms with Crippen molar-refractivity contribution in [2.75, 3.05) is 13.7 Å². The van der Waals surface area contributed by atoms with Crippen molar-refractivity contribution in [2.45, 2.75) is 13.3 Å². The third kappa shape index (κ3) is 4.15. The lowest BCUT2D eigenvalue weighted by Gasteiger charge is -2.06. The normalized spacial score (nSPS) is 10.9. The van der Waals surface area contributed by atoms with Crippen LogP contribution in [0.4, 0.5) is 5.69 Å². The van der Waals surface area contributed by atoms with Crippen LogP contribution in [0.3, 0.4) is 0 Å². The lowest BCUT2D eigenvalue weighted by atomic mass is 10.2. The second kappa shape index (κ2) is 7.71. The number of hydrogen-bond acceptors (Lipinski definition) is 4. The summed E-state index contributed by atoms with van der Waals surface area (Å²) < 4.78 is 10.5. The van der Waals surface area contributed by atoms with E-state index in [1.165, 1.54) is 0 Å². The number of phenolic OH excluding ortho intramolecular Hbond substituents is 1. The molecular weight excluding hydrogens is 302 g/mol. The number of hydrogen-bond donors (Lipinski definition) is 1. The summed E-state index contributed by atoms with van der Waals surface area (Å²) in [5.74, 6) is 1.36. The first-order valence-electron chi connectivity index (χ1n) is 6.97. The molecule has 1 N–H and O–H groups in total. The maximum absolute atomic E-state index is 9.99. The minimum absolute atomic E-state index is 0.122. The molecule has 0 aromatic heterocycles. The van der Waals surface area contributed by atoms with Gasteiger partial charge in [0.2, 0.25) is 0 Å². The number of methoxy groups -OCH3 is 1. The first kappa shape index (κ1) is 16.2. The highest BCUT2D eigenvalue weighted by atomic mass is 35.5. The Labute approximate surface area is 135 Å². The van der Waals surface area contributed by atoms with Crippen molar-refractivity contribution in [2.24, 2.45) is 4.99 Å². The molecule has 0 amide bonds. The number of aliphatic imine (C=N–C) groups is 1. The van der Waals surface area contributed by atoms with Gasteiger partial charge in [0.15, 0.2) is 0 Å². The van der Waals surface area contributed by atoms with Gasteiger partial charge in [0.25, 0.3) is 0 Å². The smallest absolute Gasteiger partial charge is 0.137 e. The van der Waals surface area contributed by atoms with Crippen LogP contribution in [0.25, 0.3) is 0 Å². The van der Waals surface area contributed by atoms with Crippen molar-refractivity contribution in [3.05, 3.63) is 47.0 Å². The molecule has 116 valence electrons. The highest BCUT2D eigenvalue weighted by Gasteiger charge is 2.03. The zero-order valence-electron chi connectivity index (χ0n) is 12.5. The van der Waals surface area contributed by atoms with Crippen molar-refractivity contribution in [3.8, 4) is 17.2 Å². The lowest BCUT2D eigenvalue weighted by Crippen LogP contribution is -1.95. The highest BCUT2D eigenvalue weighted by Crippen LogP contribution is 2.29. The fourth-order valence-corrected chi connectivity index (χ4v) is 2.07. The molecule has 0 aliphatic rings. The summed E-state index contributed by atoms with van der Waals surface area (Å²) in [4.78, 5) is 4.30. The number of nitrogens with zero attached hydrogens (tertiary/aromatic N) is 1. The number of ether oxygens (including phenoxy) is 2. The fraction of sp³-hybridized carbons (Fsp3) is 0.235. The van der Waals surface area contributed by atoms with Gasteiger partial charge >= 0.3 is 0 Å². The van der Waals surface area contributed by atoms with Gasteiger partial charge in [0, 0.05) is 17.8 Å². The molecule has 0 radical (unpaired) electrons. The predicted molar refractivity (Wildman–Crippen MR) is 89.2 cm³/mol. The summed E-state index contributed by atoms with van der Waals surface area (Å²) >= 11 is 6.05. The Kier molecular flexibility index (Phi) is 5.67. The van der Waals surface area contributed by atoms with Gasteiger partial charge < -0.3 is 14.6 Å². The first-order valence-corrected chi connectivity index (χ1v) is 7.35.